The fourth-order valence-electron chi connectivity index (χ4n) is 8.31. The molecule has 0 spiro atoms. The average Bonchev–Trinajstić information content (AvgIpc) is 4.12. The number of rotatable bonds is 35. The molecule has 0 bridgehead atoms. The number of nitrogens with zero attached hydrogens (tertiary/aromatic N) is 4. The number of aromatic nitrogens is 1. The molecule has 1 fully saturated rings. The highest BCUT2D eigenvalue weighted by Crippen LogP contribution is 2.20. The molecular weight excluding hydrogens is 1100 g/mol. The van der Waals surface area contributed by atoms with Crippen LogP contribution in [0.15, 0.2) is 75.8 Å². The number of nitrogens with two attached hydrogens (primary N) is 5. The minimum Gasteiger partial charge on any atom is -0.377 e. The standard InChI is InChI=1S/C51H75N19O10S2/c1-3-57-27-58-20-17-34(64-42(73)28(2)63-47(78)38(26-82)69-48(79)39(16-10-19-60-50(55)56)70-40(71)24-62-51(70)80)44(75)66-35(21-29-11-5-4-6-12-29)45(76)65-33(15-9-18-59-49(53)54)43(74)67-36(46(77)68-37(25-81)41(52)72)22-30-23-61-32-14-8-7-13-31(30)32/h4-8,11-14,23,27-28,33-39,61,81-82H,3,9-10,15-22,24-26H2,1-2H3,(H2,52,72)(H,57,58)(H,62,80)(H,63,78)(H,64,73)(H,65,76)(H,66,75)(H,67,74)(H,68,77)(H,69,79)(H4,53,54,59)(H4,55,56,60)/t28-,33+,34+,35-,36+,37+,38+,39-/m1/s1. The predicted octanol–water partition coefficient (Wildman–Crippen LogP) is -4.23. The average molecular weight is 1180 g/mol. The zero-order valence-electron chi connectivity index (χ0n) is 45.5. The summed E-state index contributed by atoms with van der Waals surface area (Å²) in [6.07, 6.45) is 2.94. The van der Waals surface area contributed by atoms with Gasteiger partial charge in [-0.25, -0.2) is 4.79 Å². The lowest BCUT2D eigenvalue weighted by molar-refractivity contribution is -0.137. The Bertz CT molecular complexity index is 2780. The van der Waals surface area contributed by atoms with Gasteiger partial charge in [0.15, 0.2) is 11.9 Å². The lowest BCUT2D eigenvalue weighted by atomic mass is 10.0. The number of H-pyrrole nitrogens is 1. The number of aliphatic imine (C=N–C) groups is 3. The van der Waals surface area contributed by atoms with Gasteiger partial charge < -0.3 is 81.5 Å². The maximum absolute atomic E-state index is 14.7. The van der Waals surface area contributed by atoms with Crippen LogP contribution in [0.4, 0.5) is 4.79 Å². The first-order chi connectivity index (χ1) is 39.2. The van der Waals surface area contributed by atoms with Gasteiger partial charge in [0.05, 0.1) is 12.9 Å². The quantitative estimate of drug-likeness (QED) is 0.00873. The van der Waals surface area contributed by atoms with Crippen molar-refractivity contribution >= 4 is 114 Å². The van der Waals surface area contributed by atoms with Crippen molar-refractivity contribution in [2.45, 2.75) is 107 Å². The second-order valence-electron chi connectivity index (χ2n) is 18.8. The second-order valence-corrected chi connectivity index (χ2v) is 19.6. The number of fused-ring (bicyclic) bond motifs is 1. The molecule has 31 heteroatoms. The van der Waals surface area contributed by atoms with E-state index in [2.05, 4.69) is 93.1 Å². The maximum atomic E-state index is 14.7. The van der Waals surface area contributed by atoms with E-state index in [1.807, 2.05) is 25.1 Å². The zero-order valence-corrected chi connectivity index (χ0v) is 47.3. The van der Waals surface area contributed by atoms with Gasteiger partial charge in [0.2, 0.25) is 47.3 Å². The summed E-state index contributed by atoms with van der Waals surface area (Å²) in [5.74, 6) is -8.32. The molecule has 0 aliphatic carbocycles. The molecule has 2 heterocycles. The van der Waals surface area contributed by atoms with Crippen LogP contribution in [-0.2, 0) is 56.0 Å². The molecule has 0 unspecified atom stereocenters. The summed E-state index contributed by atoms with van der Waals surface area (Å²) in [5.41, 5.74) is 29.5. The number of carbonyl (C=O) groups is 10. The van der Waals surface area contributed by atoms with E-state index in [0.717, 1.165) is 15.8 Å². The number of guanidine groups is 2. The topological polar surface area (TPSA) is 465 Å². The Morgan fingerprint density at radius 2 is 1.15 bits per heavy atom. The van der Waals surface area contributed by atoms with Crippen LogP contribution in [0.1, 0.15) is 57.1 Å². The number of imide groups is 1. The van der Waals surface area contributed by atoms with Crippen LogP contribution in [0.5, 0.6) is 0 Å². The fourth-order valence-corrected chi connectivity index (χ4v) is 8.84. The van der Waals surface area contributed by atoms with E-state index >= 15 is 0 Å². The van der Waals surface area contributed by atoms with Crippen molar-refractivity contribution in [3.05, 3.63) is 71.9 Å². The number of hydrogen-bond donors (Lipinski definition) is 17. The molecule has 446 valence electrons. The van der Waals surface area contributed by atoms with Gasteiger partial charge in [0.25, 0.3) is 5.91 Å². The fraction of sp³-hybridized carbons (Fsp3) is 0.471. The smallest absolute Gasteiger partial charge is 0.325 e. The third-order valence-electron chi connectivity index (χ3n) is 12.6. The summed E-state index contributed by atoms with van der Waals surface area (Å²) in [5, 5.41) is 24.4. The number of primary amides is 1. The molecule has 1 saturated heterocycles. The highest BCUT2D eigenvalue weighted by Gasteiger charge is 2.40. The number of carbonyl (C=O) groups excluding carboxylic acids is 10. The molecule has 3 aromatic rings. The second kappa shape index (κ2) is 33.9. The van der Waals surface area contributed by atoms with Crippen LogP contribution >= 0.6 is 25.3 Å². The molecule has 2 aromatic carbocycles. The Morgan fingerprint density at radius 3 is 1.73 bits per heavy atom. The zero-order chi connectivity index (χ0) is 60.3. The molecule has 29 nitrogen and oxygen atoms in total. The lowest BCUT2D eigenvalue weighted by Crippen LogP contribution is -2.60. The Labute approximate surface area is 484 Å². The normalized spacial score (nSPS) is 15.0. The first-order valence-electron chi connectivity index (χ1n) is 26.3. The minimum absolute atomic E-state index is 0.0143. The molecule has 20 N–H and O–H groups in total. The highest BCUT2D eigenvalue weighted by molar-refractivity contribution is 7.80. The molecule has 0 saturated carbocycles. The Morgan fingerprint density at radius 1 is 0.622 bits per heavy atom. The van der Waals surface area contributed by atoms with Crippen molar-refractivity contribution < 1.29 is 47.9 Å². The minimum atomic E-state index is -1.42. The number of urea groups is 1. The molecule has 1 aliphatic heterocycles. The molecule has 11 amide bonds. The van der Waals surface area contributed by atoms with Crippen molar-refractivity contribution in [3.63, 3.8) is 0 Å². The van der Waals surface area contributed by atoms with Gasteiger partial charge >= 0.3 is 6.03 Å². The Balaban J connectivity index is 1.59. The van der Waals surface area contributed by atoms with Crippen molar-refractivity contribution in [2.75, 3.05) is 44.2 Å². The van der Waals surface area contributed by atoms with Crippen molar-refractivity contribution in [3.8, 4) is 0 Å². The first kappa shape index (κ1) is 65.9. The van der Waals surface area contributed by atoms with Gasteiger partial charge in [-0.3, -0.25) is 63.0 Å². The van der Waals surface area contributed by atoms with E-state index < -0.39 is 108 Å². The number of para-hydroxylation sites is 1. The molecule has 1 aliphatic rings. The van der Waals surface area contributed by atoms with E-state index in [9.17, 15) is 47.9 Å². The number of hydrogen-bond acceptors (Lipinski definition) is 15. The van der Waals surface area contributed by atoms with E-state index in [4.69, 9.17) is 28.7 Å². The van der Waals surface area contributed by atoms with E-state index in [0.29, 0.717) is 17.7 Å². The number of benzene rings is 2. The third kappa shape index (κ3) is 21.1. The number of aromatic amines is 1. The summed E-state index contributed by atoms with van der Waals surface area (Å²) < 4.78 is 0. The highest BCUT2D eigenvalue weighted by atomic mass is 32.1. The number of thiol groups is 2. The van der Waals surface area contributed by atoms with Crippen LogP contribution in [0.3, 0.4) is 0 Å². The SMILES string of the molecule is CCNC=NCC[C@H](NC(=O)[C@@H](C)NC(=O)[C@H](CS)NC(=O)[C@@H](CCCN=C(N)N)N1C(=O)CNC1=O)C(=O)N[C@H](Cc1ccccc1)C(=O)N[C@@H](CCCN=C(N)N)C(=O)N[C@@H](Cc1c[nH]c2ccccc12)C(=O)N[C@@H](CS)C(N)=O. The largest absolute Gasteiger partial charge is 0.377 e. The summed E-state index contributed by atoms with van der Waals surface area (Å²) in [7, 11) is 0. The van der Waals surface area contributed by atoms with Crippen LogP contribution < -0.4 is 76.5 Å². The third-order valence-corrected chi connectivity index (χ3v) is 13.4. The predicted molar refractivity (Wildman–Crippen MR) is 314 cm³/mol. The molecule has 0 radical (unpaired) electrons. The van der Waals surface area contributed by atoms with E-state index in [-0.39, 0.29) is 94.5 Å². The van der Waals surface area contributed by atoms with Gasteiger partial charge in [-0.15, -0.1) is 0 Å². The van der Waals surface area contributed by atoms with Gasteiger partial charge in [0, 0.05) is 67.6 Å². The molecule has 8 atom stereocenters. The van der Waals surface area contributed by atoms with Gasteiger partial charge in [0.1, 0.15) is 48.3 Å². The Hall–Kier alpha value is -8.61. The number of nitrogens with one attached hydrogen (secondary N) is 10. The van der Waals surface area contributed by atoms with E-state index in [1.54, 1.807) is 42.6 Å². The lowest BCUT2D eigenvalue weighted by Gasteiger charge is -2.28. The Kier molecular flexibility index (Phi) is 27.2. The van der Waals surface area contributed by atoms with Crippen molar-refractivity contribution in [1.82, 2.24) is 57.7 Å². The molecule has 82 heavy (non-hydrogen) atoms. The molecular formula is C51H75N19O10S2. The van der Waals surface area contributed by atoms with Crippen LogP contribution in [-0.4, -0.2) is 180 Å². The van der Waals surface area contributed by atoms with Gasteiger partial charge in [-0.2, -0.15) is 25.3 Å². The van der Waals surface area contributed by atoms with Gasteiger partial charge in [-0.05, 0) is 63.1 Å². The first-order valence-corrected chi connectivity index (χ1v) is 27.6. The molecule has 4 rings (SSSR count). The summed E-state index contributed by atoms with van der Waals surface area (Å²) >= 11 is 8.38. The number of amides is 11. The van der Waals surface area contributed by atoms with Gasteiger partial charge in [-0.1, -0.05) is 48.5 Å². The van der Waals surface area contributed by atoms with Crippen LogP contribution in [0.2, 0.25) is 0 Å². The summed E-state index contributed by atoms with van der Waals surface area (Å²) in [4.78, 5) is 152. The monoisotopic (exact) mass is 1180 g/mol. The van der Waals surface area contributed by atoms with Crippen molar-refractivity contribution in [2.24, 2.45) is 43.6 Å². The van der Waals surface area contributed by atoms with Crippen LogP contribution in [0, 0.1) is 0 Å². The molecule has 1 aromatic heterocycles. The van der Waals surface area contributed by atoms with Crippen LogP contribution in [0.25, 0.3) is 10.9 Å². The maximum Gasteiger partial charge on any atom is 0.325 e. The van der Waals surface area contributed by atoms with Crippen molar-refractivity contribution in [1.29, 1.82) is 0 Å². The van der Waals surface area contributed by atoms with E-state index in [1.165, 1.54) is 13.3 Å². The summed E-state index contributed by atoms with van der Waals surface area (Å²) in [6.45, 7) is 3.44. The summed E-state index contributed by atoms with van der Waals surface area (Å²) in [6, 6.07) is 4.20.